The van der Waals surface area contributed by atoms with E-state index < -0.39 is 45.8 Å². The van der Waals surface area contributed by atoms with Crippen molar-refractivity contribution in [3.05, 3.63) is 76.7 Å². The summed E-state index contributed by atoms with van der Waals surface area (Å²) < 4.78 is 83.1. The van der Waals surface area contributed by atoms with Crippen molar-refractivity contribution in [1.82, 2.24) is 10.0 Å². The third-order valence-electron chi connectivity index (χ3n) is 3.94. The molecule has 1 amide bonds. The van der Waals surface area contributed by atoms with Crippen molar-refractivity contribution < 1.29 is 35.5 Å². The topological polar surface area (TPSA) is 84.5 Å². The van der Waals surface area contributed by atoms with Gasteiger partial charge < -0.3 is 10.1 Å². The Kier molecular flexibility index (Phi) is 8.65. The van der Waals surface area contributed by atoms with Gasteiger partial charge in [0.2, 0.25) is 10.0 Å². The molecule has 2 aromatic rings. The number of hydrogen-bond donors (Lipinski definition) is 2. The molecule has 0 spiro atoms. The number of carbonyl (C=O) groups excluding carboxylic acids is 1. The largest absolute Gasteiger partial charge is 0.484 e. The van der Waals surface area contributed by atoms with Gasteiger partial charge in [0.1, 0.15) is 11.6 Å². The van der Waals surface area contributed by atoms with Gasteiger partial charge in [0, 0.05) is 24.7 Å². The number of carbonyl (C=O) groups is 1. The number of amides is 1. The summed E-state index contributed by atoms with van der Waals surface area (Å²) in [6, 6.07) is 7.70. The van der Waals surface area contributed by atoms with Crippen molar-refractivity contribution in [3.8, 4) is 5.75 Å². The molecule has 0 radical (unpaired) electrons. The van der Waals surface area contributed by atoms with Crippen LogP contribution in [-0.2, 0) is 26.7 Å². The summed E-state index contributed by atoms with van der Waals surface area (Å²) in [7, 11) is -3.92. The zero-order valence-electron chi connectivity index (χ0n) is 16.5. The molecule has 0 aliphatic heterocycles. The zero-order chi connectivity index (χ0) is 23.9. The first kappa shape index (κ1) is 25.6. The van der Waals surface area contributed by atoms with Gasteiger partial charge in [0.15, 0.2) is 6.61 Å². The number of hydrogen-bond acceptors (Lipinski definition) is 4. The van der Waals surface area contributed by atoms with E-state index in [-0.39, 0.29) is 35.0 Å². The lowest BCUT2D eigenvalue weighted by molar-refractivity contribution is -0.137. The number of ether oxygens (including phenoxy) is 1. The minimum atomic E-state index is -4.57. The first-order valence-corrected chi connectivity index (χ1v) is 11.1. The molecule has 0 saturated carbocycles. The van der Waals surface area contributed by atoms with Crippen LogP contribution >= 0.6 is 11.6 Å². The minimum Gasteiger partial charge on any atom is -0.484 e. The fourth-order valence-electron chi connectivity index (χ4n) is 2.48. The van der Waals surface area contributed by atoms with Gasteiger partial charge in [0.05, 0.1) is 16.3 Å². The molecular formula is C20H19ClF4N2O4S. The van der Waals surface area contributed by atoms with Crippen LogP contribution in [0.4, 0.5) is 17.6 Å². The Labute approximate surface area is 187 Å². The molecule has 0 heterocycles. The molecule has 12 heteroatoms. The number of halogens is 5. The molecule has 0 aliphatic carbocycles. The molecule has 0 atom stereocenters. The van der Waals surface area contributed by atoms with Crippen LogP contribution in [-0.4, -0.2) is 27.5 Å². The van der Waals surface area contributed by atoms with Crippen LogP contribution in [0.25, 0.3) is 0 Å². The van der Waals surface area contributed by atoms with E-state index in [0.29, 0.717) is 0 Å². The molecule has 0 aliphatic rings. The second-order valence-corrected chi connectivity index (χ2v) is 8.83. The van der Waals surface area contributed by atoms with Gasteiger partial charge in [0.25, 0.3) is 5.91 Å². The van der Waals surface area contributed by atoms with Crippen LogP contribution in [0.3, 0.4) is 0 Å². The van der Waals surface area contributed by atoms with Crippen molar-refractivity contribution >= 4 is 27.5 Å². The van der Waals surface area contributed by atoms with Crippen LogP contribution in [0.5, 0.6) is 5.75 Å². The maximum atomic E-state index is 13.3. The first-order valence-electron chi connectivity index (χ1n) is 9.05. The van der Waals surface area contributed by atoms with Crippen molar-refractivity contribution in [2.24, 2.45) is 0 Å². The van der Waals surface area contributed by atoms with Crippen molar-refractivity contribution in [2.75, 3.05) is 13.2 Å². The predicted octanol–water partition coefficient (Wildman–Crippen LogP) is 4.02. The highest BCUT2D eigenvalue weighted by Gasteiger charge is 2.30. The fraction of sp³-hybridized carbons (Fsp3) is 0.250. The number of benzene rings is 2. The maximum absolute atomic E-state index is 13.3. The first-order chi connectivity index (χ1) is 14.9. The zero-order valence-corrected chi connectivity index (χ0v) is 18.1. The second kappa shape index (κ2) is 10.8. The SMILES string of the molecule is C=C(CCNS(=O)(=O)Cc1cccc(C(F)(F)F)c1)NC(=O)COc1ccc(Cl)c(F)c1. The van der Waals surface area contributed by atoms with Crippen molar-refractivity contribution in [3.63, 3.8) is 0 Å². The normalized spacial score (nSPS) is 11.8. The van der Waals surface area contributed by atoms with Gasteiger partial charge in [-0.25, -0.2) is 17.5 Å². The highest BCUT2D eigenvalue weighted by atomic mass is 35.5. The van der Waals surface area contributed by atoms with Crippen LogP contribution in [0.2, 0.25) is 5.02 Å². The monoisotopic (exact) mass is 494 g/mol. The Morgan fingerprint density at radius 2 is 1.88 bits per heavy atom. The highest BCUT2D eigenvalue weighted by molar-refractivity contribution is 7.88. The molecule has 2 aromatic carbocycles. The van der Waals surface area contributed by atoms with Crippen LogP contribution < -0.4 is 14.8 Å². The van der Waals surface area contributed by atoms with Gasteiger partial charge in [-0.3, -0.25) is 4.79 Å². The third-order valence-corrected chi connectivity index (χ3v) is 5.60. The molecule has 6 nitrogen and oxygen atoms in total. The van der Waals surface area contributed by atoms with E-state index in [1.54, 1.807) is 0 Å². The lowest BCUT2D eigenvalue weighted by atomic mass is 10.1. The smallest absolute Gasteiger partial charge is 0.416 e. The van der Waals surface area contributed by atoms with E-state index in [1.165, 1.54) is 18.2 Å². The Hall–Kier alpha value is -2.63. The van der Waals surface area contributed by atoms with Crippen molar-refractivity contribution in [2.45, 2.75) is 18.3 Å². The number of sulfonamides is 1. The molecular weight excluding hydrogens is 476 g/mol. The van der Waals surface area contributed by atoms with E-state index >= 15 is 0 Å². The quantitative estimate of drug-likeness (QED) is 0.489. The average Bonchev–Trinajstić information content (AvgIpc) is 2.68. The van der Waals surface area contributed by atoms with Crippen LogP contribution in [0.1, 0.15) is 17.5 Å². The second-order valence-electron chi connectivity index (χ2n) is 6.62. The summed E-state index contributed by atoms with van der Waals surface area (Å²) in [6.07, 6.45) is -4.54. The summed E-state index contributed by atoms with van der Waals surface area (Å²) in [4.78, 5) is 11.8. The van der Waals surface area contributed by atoms with Gasteiger partial charge in [-0.15, -0.1) is 0 Å². The van der Waals surface area contributed by atoms with E-state index in [1.807, 2.05) is 0 Å². The highest BCUT2D eigenvalue weighted by Crippen LogP contribution is 2.29. The molecule has 32 heavy (non-hydrogen) atoms. The fourth-order valence-corrected chi connectivity index (χ4v) is 3.73. The lowest BCUT2D eigenvalue weighted by Gasteiger charge is -2.12. The van der Waals surface area contributed by atoms with Crippen LogP contribution in [0, 0.1) is 5.82 Å². The Balaban J connectivity index is 1.76. The molecule has 2 rings (SSSR count). The van der Waals surface area contributed by atoms with Crippen LogP contribution in [0.15, 0.2) is 54.7 Å². The summed E-state index contributed by atoms with van der Waals surface area (Å²) >= 11 is 5.55. The van der Waals surface area contributed by atoms with Gasteiger partial charge >= 0.3 is 6.18 Å². The van der Waals surface area contributed by atoms with E-state index in [0.717, 1.165) is 24.3 Å². The summed E-state index contributed by atoms with van der Waals surface area (Å²) in [5.41, 5.74) is -0.775. The molecule has 0 saturated heterocycles. The molecule has 174 valence electrons. The summed E-state index contributed by atoms with van der Waals surface area (Å²) in [6.45, 7) is 3.01. The minimum absolute atomic E-state index is 0.0183. The Morgan fingerprint density at radius 3 is 2.53 bits per heavy atom. The molecule has 2 N–H and O–H groups in total. The number of nitrogens with one attached hydrogen (secondary N) is 2. The number of rotatable bonds is 10. The molecule has 0 bridgehead atoms. The maximum Gasteiger partial charge on any atom is 0.416 e. The van der Waals surface area contributed by atoms with Gasteiger partial charge in [-0.1, -0.05) is 36.4 Å². The predicted molar refractivity (Wildman–Crippen MR) is 111 cm³/mol. The van der Waals surface area contributed by atoms with Crippen molar-refractivity contribution in [1.29, 1.82) is 0 Å². The summed E-state index contributed by atoms with van der Waals surface area (Å²) in [5, 5.41) is 2.31. The summed E-state index contributed by atoms with van der Waals surface area (Å²) in [5.74, 6) is -1.85. The molecule has 0 fully saturated rings. The lowest BCUT2D eigenvalue weighted by Crippen LogP contribution is -2.31. The third kappa shape index (κ3) is 8.48. The van der Waals surface area contributed by atoms with Gasteiger partial charge in [-0.05, 0) is 23.8 Å². The average molecular weight is 495 g/mol. The van der Waals surface area contributed by atoms with E-state index in [9.17, 15) is 30.8 Å². The van der Waals surface area contributed by atoms with E-state index in [2.05, 4.69) is 16.6 Å². The molecule has 0 unspecified atom stereocenters. The Morgan fingerprint density at radius 1 is 1.16 bits per heavy atom. The van der Waals surface area contributed by atoms with E-state index in [4.69, 9.17) is 16.3 Å². The number of alkyl halides is 3. The molecule has 0 aromatic heterocycles. The van der Waals surface area contributed by atoms with Gasteiger partial charge in [-0.2, -0.15) is 13.2 Å². The standard InChI is InChI=1S/C20H19ClF4N2O4S/c1-13(27-19(28)11-31-16-5-6-17(21)18(22)10-16)7-8-26-32(29,30)12-14-3-2-4-15(9-14)20(23,24)25/h2-6,9-10,26H,1,7-8,11-12H2,(H,27,28). The Bertz CT molecular complexity index is 1090.